The molecule has 0 aliphatic carbocycles. The number of pyridine rings is 1. The van der Waals surface area contributed by atoms with Crippen LogP contribution in [0.15, 0.2) is 17.4 Å². The number of hydrogen-bond donors (Lipinski definition) is 2. The van der Waals surface area contributed by atoms with Crippen molar-refractivity contribution in [2.75, 3.05) is 0 Å². The first-order valence-electron chi connectivity index (χ1n) is 3.23. The summed E-state index contributed by atoms with van der Waals surface area (Å²) in [6.07, 6.45) is 1.43. The zero-order valence-electron chi connectivity index (χ0n) is 6.44. The normalized spacial score (nSPS) is 12.0. The summed E-state index contributed by atoms with van der Waals surface area (Å²) >= 11 is 0. The van der Waals surface area contributed by atoms with E-state index in [1.165, 1.54) is 12.3 Å². The summed E-state index contributed by atoms with van der Waals surface area (Å²) in [7, 11) is 0. The Balaban J connectivity index is 3.50. The smallest absolute Gasteiger partial charge is 0.109 e. The quantitative estimate of drug-likeness (QED) is 0.327. The van der Waals surface area contributed by atoms with Gasteiger partial charge in [-0.25, -0.2) is 0 Å². The Kier molecular flexibility index (Phi) is 1.85. The molecular weight excluding hydrogens is 144 g/mol. The van der Waals surface area contributed by atoms with Crippen LogP contribution in [0.5, 0.6) is 0 Å². The van der Waals surface area contributed by atoms with E-state index in [2.05, 4.69) is 5.16 Å². The molecule has 0 radical (unpaired) electrons. The third kappa shape index (κ3) is 1.19. The first-order valence-corrected chi connectivity index (χ1v) is 3.23. The highest BCUT2D eigenvalue weighted by atomic mass is 16.5. The molecule has 2 N–H and O–H groups in total. The molecule has 1 heterocycles. The Hall–Kier alpha value is -1.45. The lowest BCUT2D eigenvalue weighted by molar-refractivity contribution is 0.176. The maximum Gasteiger partial charge on any atom is 0.109 e. The first-order chi connectivity index (χ1) is 5.16. The molecule has 0 amide bonds. The van der Waals surface area contributed by atoms with Gasteiger partial charge >= 0.3 is 0 Å². The minimum Gasteiger partial charge on any atom is -0.429 e. The monoisotopic (exact) mass is 154 g/mol. The van der Waals surface area contributed by atoms with Crippen molar-refractivity contribution in [3.63, 3.8) is 0 Å². The van der Waals surface area contributed by atoms with Crippen LogP contribution >= 0.6 is 0 Å². The third-order valence-corrected chi connectivity index (χ3v) is 1.75. The summed E-state index contributed by atoms with van der Waals surface area (Å²) in [6.45, 7) is 3.51. The van der Waals surface area contributed by atoms with Gasteiger partial charge in [0.1, 0.15) is 5.36 Å². The minimum atomic E-state index is 0.479. The standard InChI is InChI=1S/C7H10N2O2/c1-5-6(2)9(11)4-3-7(5)8-10/h3-4,10-11H,1-2H3/b8-7+. The van der Waals surface area contributed by atoms with Crippen LogP contribution in [0.3, 0.4) is 0 Å². The highest BCUT2D eigenvalue weighted by molar-refractivity contribution is 5.16. The van der Waals surface area contributed by atoms with Crippen LogP contribution in [-0.2, 0) is 0 Å². The molecule has 1 aromatic heterocycles. The largest absolute Gasteiger partial charge is 0.429 e. The Labute approximate surface area is 64.0 Å². The van der Waals surface area contributed by atoms with E-state index in [1.54, 1.807) is 13.8 Å². The van der Waals surface area contributed by atoms with Gasteiger partial charge in [0, 0.05) is 11.8 Å². The van der Waals surface area contributed by atoms with Gasteiger partial charge in [0.2, 0.25) is 0 Å². The fraction of sp³-hybridized carbons (Fsp3) is 0.286. The molecule has 0 saturated heterocycles. The van der Waals surface area contributed by atoms with E-state index in [9.17, 15) is 0 Å². The van der Waals surface area contributed by atoms with Crippen LogP contribution < -0.4 is 5.36 Å². The van der Waals surface area contributed by atoms with E-state index in [1.807, 2.05) is 0 Å². The summed E-state index contributed by atoms with van der Waals surface area (Å²) in [6, 6.07) is 1.53. The SMILES string of the molecule is Cc1c(C)n(O)cc/c1=N\O. The lowest BCUT2D eigenvalue weighted by atomic mass is 10.2. The molecular formula is C7H10N2O2. The zero-order valence-corrected chi connectivity index (χ0v) is 6.44. The van der Waals surface area contributed by atoms with E-state index in [0.29, 0.717) is 11.1 Å². The second-order valence-corrected chi connectivity index (χ2v) is 2.36. The minimum absolute atomic E-state index is 0.479. The summed E-state index contributed by atoms with van der Waals surface area (Å²) in [5, 5.41) is 21.1. The maximum absolute atomic E-state index is 9.11. The molecule has 1 aromatic rings. The second-order valence-electron chi connectivity index (χ2n) is 2.36. The Morgan fingerprint density at radius 3 is 2.64 bits per heavy atom. The second kappa shape index (κ2) is 2.65. The van der Waals surface area contributed by atoms with Crippen molar-refractivity contribution in [1.29, 1.82) is 0 Å². The number of rotatable bonds is 0. The first kappa shape index (κ1) is 7.65. The van der Waals surface area contributed by atoms with E-state index in [-0.39, 0.29) is 0 Å². The van der Waals surface area contributed by atoms with E-state index in [0.717, 1.165) is 10.3 Å². The number of hydrogen-bond acceptors (Lipinski definition) is 3. The number of aromatic nitrogens is 1. The van der Waals surface area contributed by atoms with Crippen molar-refractivity contribution in [1.82, 2.24) is 4.73 Å². The summed E-state index contributed by atoms with van der Waals surface area (Å²) in [5.74, 6) is 0. The summed E-state index contributed by atoms with van der Waals surface area (Å²) in [5.41, 5.74) is 1.43. The Morgan fingerprint density at radius 2 is 2.09 bits per heavy atom. The van der Waals surface area contributed by atoms with Crippen LogP contribution in [0.1, 0.15) is 11.3 Å². The van der Waals surface area contributed by atoms with Gasteiger partial charge in [-0.3, -0.25) is 0 Å². The van der Waals surface area contributed by atoms with Crippen molar-refractivity contribution in [2.45, 2.75) is 13.8 Å². The highest BCUT2D eigenvalue weighted by Gasteiger charge is 1.98. The molecule has 60 valence electrons. The highest BCUT2D eigenvalue weighted by Crippen LogP contribution is 1.97. The van der Waals surface area contributed by atoms with E-state index in [4.69, 9.17) is 10.4 Å². The van der Waals surface area contributed by atoms with Crippen LogP contribution in [0.4, 0.5) is 0 Å². The molecule has 4 heteroatoms. The van der Waals surface area contributed by atoms with Crippen LogP contribution in [-0.4, -0.2) is 15.1 Å². The predicted octanol–water partition coefficient (Wildman–Crippen LogP) is 0.632. The predicted molar refractivity (Wildman–Crippen MR) is 38.4 cm³/mol. The van der Waals surface area contributed by atoms with Gasteiger partial charge in [0.05, 0.1) is 5.69 Å². The van der Waals surface area contributed by atoms with Gasteiger partial charge in [-0.2, -0.15) is 4.73 Å². The molecule has 0 bridgehead atoms. The van der Waals surface area contributed by atoms with Crippen molar-refractivity contribution >= 4 is 0 Å². The Morgan fingerprint density at radius 1 is 1.45 bits per heavy atom. The molecule has 11 heavy (non-hydrogen) atoms. The molecule has 4 nitrogen and oxygen atoms in total. The molecule has 0 atom stereocenters. The van der Waals surface area contributed by atoms with Crippen molar-refractivity contribution in [3.05, 3.63) is 28.9 Å². The van der Waals surface area contributed by atoms with Crippen molar-refractivity contribution in [2.24, 2.45) is 5.16 Å². The van der Waals surface area contributed by atoms with Crippen LogP contribution in [0, 0.1) is 13.8 Å². The molecule has 0 unspecified atom stereocenters. The van der Waals surface area contributed by atoms with Crippen molar-refractivity contribution in [3.8, 4) is 0 Å². The van der Waals surface area contributed by atoms with Crippen LogP contribution in [0.25, 0.3) is 0 Å². The summed E-state index contributed by atoms with van der Waals surface area (Å²) in [4.78, 5) is 0. The topological polar surface area (TPSA) is 57.8 Å². The summed E-state index contributed by atoms with van der Waals surface area (Å²) < 4.78 is 0.990. The average molecular weight is 154 g/mol. The molecule has 0 aliphatic heterocycles. The third-order valence-electron chi connectivity index (χ3n) is 1.75. The van der Waals surface area contributed by atoms with E-state index >= 15 is 0 Å². The lowest BCUT2D eigenvalue weighted by Gasteiger charge is -2.04. The molecule has 0 aromatic carbocycles. The van der Waals surface area contributed by atoms with Gasteiger partial charge in [0.25, 0.3) is 0 Å². The fourth-order valence-electron chi connectivity index (χ4n) is 0.844. The van der Waals surface area contributed by atoms with E-state index < -0.39 is 0 Å². The number of nitrogens with zero attached hydrogens (tertiary/aromatic N) is 2. The van der Waals surface area contributed by atoms with Crippen molar-refractivity contribution < 1.29 is 10.4 Å². The van der Waals surface area contributed by atoms with Gasteiger partial charge < -0.3 is 10.4 Å². The van der Waals surface area contributed by atoms with Gasteiger partial charge in [0.15, 0.2) is 0 Å². The molecule has 0 saturated carbocycles. The maximum atomic E-state index is 9.11. The molecule has 0 fully saturated rings. The van der Waals surface area contributed by atoms with Crippen LogP contribution in [0.2, 0.25) is 0 Å². The average Bonchev–Trinajstić information content (AvgIpc) is 2.01. The van der Waals surface area contributed by atoms with Gasteiger partial charge in [-0.15, -0.1) is 0 Å². The Bertz CT molecular complexity index is 328. The molecule has 1 rings (SSSR count). The van der Waals surface area contributed by atoms with Gasteiger partial charge in [-0.05, 0) is 19.9 Å². The molecule has 0 aliphatic rings. The lowest BCUT2D eigenvalue weighted by Crippen LogP contribution is -2.13. The fourth-order valence-corrected chi connectivity index (χ4v) is 0.844. The van der Waals surface area contributed by atoms with Gasteiger partial charge in [-0.1, -0.05) is 5.16 Å². The molecule has 0 spiro atoms. The zero-order chi connectivity index (χ0) is 8.43.